The molecule has 1 saturated heterocycles. The van der Waals surface area contributed by atoms with Crippen molar-refractivity contribution in [2.75, 3.05) is 26.2 Å². The largest absolute Gasteiger partial charge is 0.341 e. The molecule has 1 fully saturated rings. The van der Waals surface area contributed by atoms with E-state index in [0.29, 0.717) is 43.9 Å². The summed E-state index contributed by atoms with van der Waals surface area (Å²) < 4.78 is 27.0. The molecule has 1 heterocycles. The van der Waals surface area contributed by atoms with Crippen molar-refractivity contribution >= 4 is 15.9 Å². The monoisotopic (exact) mass is 310 g/mol. The minimum Gasteiger partial charge on any atom is -0.341 e. The van der Waals surface area contributed by atoms with Gasteiger partial charge in [0.05, 0.1) is 4.90 Å². The predicted molar refractivity (Wildman–Crippen MR) is 81.4 cm³/mol. The van der Waals surface area contributed by atoms with Gasteiger partial charge in [0.2, 0.25) is 15.9 Å². The molecule has 1 aliphatic rings. The summed E-state index contributed by atoms with van der Waals surface area (Å²) in [7, 11) is -3.48. The summed E-state index contributed by atoms with van der Waals surface area (Å²) in [5, 5.41) is 0. The molecule has 1 aromatic carbocycles. The maximum atomic E-state index is 12.7. The van der Waals surface area contributed by atoms with Gasteiger partial charge in [-0.2, -0.15) is 4.31 Å². The first-order valence-corrected chi connectivity index (χ1v) is 8.74. The normalized spacial score (nSPS) is 17.5. The van der Waals surface area contributed by atoms with Gasteiger partial charge >= 0.3 is 0 Å². The molecular weight excluding hydrogens is 288 g/mol. The SMILES string of the molecule is CCC(=O)N1CCCN(S(=O)(=O)c2ccccc2C)CC1. The predicted octanol–water partition coefficient (Wildman–Crippen LogP) is 1.63. The lowest BCUT2D eigenvalue weighted by molar-refractivity contribution is -0.130. The molecule has 0 unspecified atom stereocenters. The molecular formula is C15H22N2O3S. The maximum absolute atomic E-state index is 12.7. The van der Waals surface area contributed by atoms with Crippen LogP contribution in [0, 0.1) is 6.92 Å². The second kappa shape index (κ2) is 6.58. The van der Waals surface area contributed by atoms with Crippen LogP contribution in [0.15, 0.2) is 29.2 Å². The lowest BCUT2D eigenvalue weighted by Crippen LogP contribution is -2.37. The summed E-state index contributed by atoms with van der Waals surface area (Å²) in [4.78, 5) is 13.9. The van der Waals surface area contributed by atoms with Gasteiger partial charge < -0.3 is 4.90 Å². The number of hydrogen-bond donors (Lipinski definition) is 0. The van der Waals surface area contributed by atoms with Crippen LogP contribution in [0.5, 0.6) is 0 Å². The molecule has 0 bridgehead atoms. The average Bonchev–Trinajstić information content (AvgIpc) is 2.73. The van der Waals surface area contributed by atoms with Crippen LogP contribution in [0.25, 0.3) is 0 Å². The fourth-order valence-corrected chi connectivity index (χ4v) is 4.29. The van der Waals surface area contributed by atoms with Crippen molar-refractivity contribution in [1.82, 2.24) is 9.21 Å². The molecule has 0 atom stereocenters. The molecule has 1 amide bonds. The van der Waals surface area contributed by atoms with Gasteiger partial charge in [0.15, 0.2) is 0 Å². The van der Waals surface area contributed by atoms with Gasteiger partial charge in [0, 0.05) is 32.6 Å². The Hall–Kier alpha value is -1.40. The minimum absolute atomic E-state index is 0.0881. The third-order valence-electron chi connectivity index (χ3n) is 3.82. The summed E-state index contributed by atoms with van der Waals surface area (Å²) in [6.07, 6.45) is 1.14. The van der Waals surface area contributed by atoms with Gasteiger partial charge in [-0.1, -0.05) is 25.1 Å². The number of hydrogen-bond acceptors (Lipinski definition) is 3. The number of carbonyl (C=O) groups excluding carboxylic acids is 1. The molecule has 1 aliphatic heterocycles. The van der Waals surface area contributed by atoms with Gasteiger partial charge in [-0.25, -0.2) is 8.42 Å². The highest BCUT2D eigenvalue weighted by atomic mass is 32.2. The fraction of sp³-hybridized carbons (Fsp3) is 0.533. The fourth-order valence-electron chi connectivity index (χ4n) is 2.59. The highest BCUT2D eigenvalue weighted by Crippen LogP contribution is 2.21. The van der Waals surface area contributed by atoms with Crippen LogP contribution in [0.3, 0.4) is 0 Å². The molecule has 21 heavy (non-hydrogen) atoms. The zero-order valence-corrected chi connectivity index (χ0v) is 13.4. The number of sulfonamides is 1. The smallest absolute Gasteiger partial charge is 0.243 e. The standard InChI is InChI=1S/C15H22N2O3S/c1-3-15(18)16-9-6-10-17(12-11-16)21(19,20)14-8-5-4-7-13(14)2/h4-5,7-8H,3,6,9-12H2,1-2H3. The molecule has 116 valence electrons. The zero-order chi connectivity index (χ0) is 15.5. The van der Waals surface area contributed by atoms with Gasteiger partial charge in [0.1, 0.15) is 0 Å². The quantitative estimate of drug-likeness (QED) is 0.852. The van der Waals surface area contributed by atoms with Crippen LogP contribution >= 0.6 is 0 Å². The van der Waals surface area contributed by atoms with Gasteiger partial charge in [0.25, 0.3) is 0 Å². The molecule has 0 aromatic heterocycles. The third kappa shape index (κ3) is 3.44. The summed E-state index contributed by atoms with van der Waals surface area (Å²) in [6, 6.07) is 7.02. The first-order chi connectivity index (χ1) is 9.96. The minimum atomic E-state index is -3.48. The molecule has 1 aromatic rings. The Labute approximate surface area is 126 Å². The van der Waals surface area contributed by atoms with Crippen LogP contribution < -0.4 is 0 Å². The van der Waals surface area contributed by atoms with Crippen molar-refractivity contribution in [3.05, 3.63) is 29.8 Å². The van der Waals surface area contributed by atoms with E-state index in [1.807, 2.05) is 13.0 Å². The molecule has 0 saturated carbocycles. The van der Waals surface area contributed by atoms with E-state index >= 15 is 0 Å². The topological polar surface area (TPSA) is 57.7 Å². The van der Waals surface area contributed by atoms with Crippen molar-refractivity contribution in [1.29, 1.82) is 0 Å². The van der Waals surface area contributed by atoms with Crippen molar-refractivity contribution < 1.29 is 13.2 Å². The molecule has 6 heteroatoms. The first kappa shape index (κ1) is 16.0. The molecule has 0 aliphatic carbocycles. The number of benzene rings is 1. The highest BCUT2D eigenvalue weighted by Gasteiger charge is 2.28. The lowest BCUT2D eigenvalue weighted by atomic mass is 10.2. The summed E-state index contributed by atoms with van der Waals surface area (Å²) in [5.41, 5.74) is 0.753. The molecule has 5 nitrogen and oxygen atoms in total. The van der Waals surface area contributed by atoms with Crippen molar-refractivity contribution in [3.8, 4) is 0 Å². The summed E-state index contributed by atoms with van der Waals surface area (Å²) in [6.45, 7) is 5.56. The van der Waals surface area contributed by atoms with Crippen LogP contribution in [-0.2, 0) is 14.8 Å². The van der Waals surface area contributed by atoms with E-state index in [-0.39, 0.29) is 5.91 Å². The van der Waals surface area contributed by atoms with Gasteiger partial charge in [-0.15, -0.1) is 0 Å². The van der Waals surface area contributed by atoms with E-state index in [1.54, 1.807) is 30.0 Å². The second-order valence-electron chi connectivity index (χ2n) is 5.26. The van der Waals surface area contributed by atoms with Crippen molar-refractivity contribution in [2.24, 2.45) is 0 Å². The third-order valence-corrected chi connectivity index (χ3v) is 5.88. The molecule has 0 radical (unpaired) electrons. The Morgan fingerprint density at radius 3 is 2.52 bits per heavy atom. The second-order valence-corrected chi connectivity index (χ2v) is 7.16. The van der Waals surface area contributed by atoms with Gasteiger partial charge in [-0.05, 0) is 25.0 Å². The number of rotatable bonds is 3. The zero-order valence-electron chi connectivity index (χ0n) is 12.6. The summed E-state index contributed by atoms with van der Waals surface area (Å²) >= 11 is 0. The van der Waals surface area contributed by atoms with Crippen molar-refractivity contribution in [3.63, 3.8) is 0 Å². The number of aryl methyl sites for hydroxylation is 1. The van der Waals surface area contributed by atoms with Crippen LogP contribution in [0.2, 0.25) is 0 Å². The summed E-state index contributed by atoms with van der Waals surface area (Å²) in [5.74, 6) is 0.0881. The van der Waals surface area contributed by atoms with E-state index in [0.717, 1.165) is 5.56 Å². The van der Waals surface area contributed by atoms with Crippen LogP contribution in [0.4, 0.5) is 0 Å². The van der Waals surface area contributed by atoms with E-state index in [2.05, 4.69) is 0 Å². The molecule has 2 rings (SSSR count). The Morgan fingerprint density at radius 1 is 1.14 bits per heavy atom. The van der Waals surface area contributed by atoms with Gasteiger partial charge in [-0.3, -0.25) is 4.79 Å². The number of carbonyl (C=O) groups is 1. The number of amides is 1. The van der Waals surface area contributed by atoms with Crippen molar-refractivity contribution in [2.45, 2.75) is 31.6 Å². The Kier molecular flexibility index (Phi) is 5.00. The van der Waals surface area contributed by atoms with E-state index in [4.69, 9.17) is 0 Å². The van der Waals surface area contributed by atoms with Crippen LogP contribution in [-0.4, -0.2) is 49.7 Å². The highest BCUT2D eigenvalue weighted by molar-refractivity contribution is 7.89. The maximum Gasteiger partial charge on any atom is 0.243 e. The average molecular weight is 310 g/mol. The van der Waals surface area contributed by atoms with E-state index in [9.17, 15) is 13.2 Å². The Morgan fingerprint density at radius 2 is 1.86 bits per heavy atom. The first-order valence-electron chi connectivity index (χ1n) is 7.30. The van der Waals surface area contributed by atoms with E-state index in [1.165, 1.54) is 4.31 Å². The molecule has 0 N–H and O–H groups in total. The van der Waals surface area contributed by atoms with E-state index < -0.39 is 10.0 Å². The number of nitrogens with zero attached hydrogens (tertiary/aromatic N) is 2. The Balaban J connectivity index is 2.19. The molecule has 0 spiro atoms. The van der Waals surface area contributed by atoms with Crippen LogP contribution in [0.1, 0.15) is 25.3 Å². The Bertz CT molecular complexity index is 613. The lowest BCUT2D eigenvalue weighted by Gasteiger charge is -2.22.